The van der Waals surface area contributed by atoms with E-state index in [4.69, 9.17) is 14.2 Å². The van der Waals surface area contributed by atoms with Gasteiger partial charge in [0.1, 0.15) is 5.03 Å². The molecule has 1 aliphatic rings. The summed E-state index contributed by atoms with van der Waals surface area (Å²) >= 11 is 1.10. The lowest BCUT2D eigenvalue weighted by molar-refractivity contribution is -0.113. The van der Waals surface area contributed by atoms with Gasteiger partial charge in [0.05, 0.1) is 11.3 Å². The Labute approximate surface area is 207 Å². The van der Waals surface area contributed by atoms with E-state index in [0.717, 1.165) is 28.5 Å². The van der Waals surface area contributed by atoms with Gasteiger partial charge in [-0.2, -0.15) is 0 Å². The van der Waals surface area contributed by atoms with Crippen molar-refractivity contribution >= 4 is 35.1 Å². The number of fused-ring (bicyclic) bond motifs is 1. The normalized spacial score (nSPS) is 11.7. The van der Waals surface area contributed by atoms with Crippen LogP contribution < -0.4 is 14.8 Å². The maximum Gasteiger partial charge on any atom is 0.341 e. The van der Waals surface area contributed by atoms with E-state index < -0.39 is 5.97 Å². The zero-order chi connectivity index (χ0) is 24.9. The number of hydrogen-bond donors (Lipinski definition) is 1. The second-order valence-corrected chi connectivity index (χ2v) is 8.98. The fraction of sp³-hybridized carbons (Fsp3) is 0.231. The number of anilines is 1. The first-order chi connectivity index (χ1) is 16.8. The zero-order valence-corrected chi connectivity index (χ0v) is 20.4. The Morgan fingerprint density at radius 2 is 1.74 bits per heavy atom. The van der Waals surface area contributed by atoms with Crippen molar-refractivity contribution in [3.8, 4) is 11.5 Å². The van der Waals surface area contributed by atoms with Crippen LogP contribution in [0.5, 0.6) is 11.5 Å². The zero-order valence-electron chi connectivity index (χ0n) is 19.5. The third kappa shape index (κ3) is 5.81. The minimum atomic E-state index is -0.674. The molecule has 0 saturated heterocycles. The molecule has 2 heterocycles. The van der Waals surface area contributed by atoms with Gasteiger partial charge >= 0.3 is 5.97 Å². The quantitative estimate of drug-likeness (QED) is 0.278. The van der Waals surface area contributed by atoms with E-state index in [-0.39, 0.29) is 36.4 Å². The lowest BCUT2D eigenvalue weighted by Gasteiger charge is -2.11. The topological polar surface area (TPSA) is 104 Å². The molecule has 35 heavy (non-hydrogen) atoms. The largest absolute Gasteiger partial charge is 0.454 e. The summed E-state index contributed by atoms with van der Waals surface area (Å²) in [6.45, 7) is 5.53. The van der Waals surface area contributed by atoms with Crippen molar-refractivity contribution in [1.82, 2.24) is 4.98 Å². The van der Waals surface area contributed by atoms with Gasteiger partial charge in [0.2, 0.25) is 18.5 Å². The highest BCUT2D eigenvalue weighted by molar-refractivity contribution is 8.00. The third-order valence-corrected chi connectivity index (χ3v) is 6.47. The molecule has 8 nitrogen and oxygen atoms in total. The molecule has 0 aliphatic carbocycles. The summed E-state index contributed by atoms with van der Waals surface area (Å²) in [6, 6.07) is 12.0. The van der Waals surface area contributed by atoms with E-state index in [1.165, 1.54) is 6.20 Å². The Morgan fingerprint density at radius 3 is 2.57 bits per heavy atom. The number of amides is 1. The molecule has 180 valence electrons. The molecule has 0 fully saturated rings. The van der Waals surface area contributed by atoms with Crippen LogP contribution in [0.25, 0.3) is 0 Å². The Kier molecular flexibility index (Phi) is 7.36. The lowest BCUT2D eigenvalue weighted by atomic mass is 9.98. The van der Waals surface area contributed by atoms with Gasteiger partial charge in [-0.1, -0.05) is 17.8 Å². The first-order valence-electron chi connectivity index (χ1n) is 10.9. The van der Waals surface area contributed by atoms with Crippen LogP contribution in [0.3, 0.4) is 0 Å². The molecule has 1 N–H and O–H groups in total. The van der Waals surface area contributed by atoms with Crippen LogP contribution in [0.1, 0.15) is 37.4 Å². The molecule has 0 spiro atoms. The van der Waals surface area contributed by atoms with Gasteiger partial charge < -0.3 is 19.5 Å². The smallest absolute Gasteiger partial charge is 0.341 e. The number of aromatic nitrogens is 1. The highest BCUT2D eigenvalue weighted by atomic mass is 32.2. The van der Waals surface area contributed by atoms with Crippen molar-refractivity contribution in [2.24, 2.45) is 0 Å². The second-order valence-electron chi connectivity index (χ2n) is 8.01. The Morgan fingerprint density at radius 1 is 0.971 bits per heavy atom. The monoisotopic (exact) mass is 492 g/mol. The molecule has 2 aromatic carbocycles. The van der Waals surface area contributed by atoms with E-state index in [1.54, 1.807) is 30.3 Å². The summed E-state index contributed by atoms with van der Waals surface area (Å²) in [5, 5.41) is 3.12. The third-order valence-electron chi connectivity index (χ3n) is 5.46. The van der Waals surface area contributed by atoms with Gasteiger partial charge in [-0.25, -0.2) is 9.78 Å². The summed E-state index contributed by atoms with van der Waals surface area (Å²) in [7, 11) is 0. The van der Waals surface area contributed by atoms with Crippen molar-refractivity contribution in [2.45, 2.75) is 25.8 Å². The van der Waals surface area contributed by atoms with Gasteiger partial charge in [0, 0.05) is 23.5 Å². The van der Waals surface area contributed by atoms with E-state index in [0.29, 0.717) is 27.8 Å². The lowest BCUT2D eigenvalue weighted by Crippen LogP contribution is -2.17. The molecule has 0 radical (unpaired) electrons. The number of carbonyl (C=O) groups is 3. The fourth-order valence-electron chi connectivity index (χ4n) is 3.51. The average molecular weight is 493 g/mol. The number of hydrogen-bond acceptors (Lipinski definition) is 8. The van der Waals surface area contributed by atoms with Crippen molar-refractivity contribution < 1.29 is 28.6 Å². The summed E-state index contributed by atoms with van der Waals surface area (Å²) in [5.41, 5.74) is 4.21. The van der Waals surface area contributed by atoms with Crippen molar-refractivity contribution in [3.63, 3.8) is 0 Å². The van der Waals surface area contributed by atoms with Crippen LogP contribution in [-0.2, 0) is 9.53 Å². The molecular weight excluding hydrogens is 468 g/mol. The van der Waals surface area contributed by atoms with Crippen LogP contribution >= 0.6 is 11.8 Å². The predicted octanol–water partition coefficient (Wildman–Crippen LogP) is 4.51. The number of nitrogens with one attached hydrogen (secondary N) is 1. The molecule has 0 atom stereocenters. The average Bonchev–Trinajstić information content (AvgIpc) is 3.31. The van der Waals surface area contributed by atoms with Crippen LogP contribution in [0, 0.1) is 20.8 Å². The Bertz CT molecular complexity index is 1310. The fourth-order valence-corrected chi connectivity index (χ4v) is 4.30. The number of Topliss-reactive ketones (excluding diaryl/α,β-unsaturated/α-hetero) is 1. The highest BCUT2D eigenvalue weighted by Gasteiger charge is 2.19. The number of pyridine rings is 1. The number of nitrogens with zero attached hydrogens (tertiary/aromatic N) is 1. The minimum absolute atomic E-state index is 0.0203. The SMILES string of the molecule is Cc1cc(C)c(C(=O)COC(=O)c2cccnc2SCC(=O)Nc2ccc3c(c2)OCO3)cc1C. The van der Waals surface area contributed by atoms with E-state index >= 15 is 0 Å². The van der Waals surface area contributed by atoms with Crippen LogP contribution in [0.15, 0.2) is 53.7 Å². The van der Waals surface area contributed by atoms with Gasteiger partial charge in [-0.05, 0) is 67.8 Å². The van der Waals surface area contributed by atoms with Crippen LogP contribution in [0.2, 0.25) is 0 Å². The van der Waals surface area contributed by atoms with Crippen molar-refractivity contribution in [3.05, 3.63) is 76.5 Å². The Balaban J connectivity index is 1.35. The number of thioether (sulfide) groups is 1. The Hall–Kier alpha value is -3.85. The number of aryl methyl sites for hydroxylation is 3. The van der Waals surface area contributed by atoms with Gasteiger partial charge in [-0.3, -0.25) is 9.59 Å². The number of esters is 1. The van der Waals surface area contributed by atoms with Gasteiger partial charge in [0.25, 0.3) is 0 Å². The molecular formula is C26H24N2O6S. The number of carbonyl (C=O) groups excluding carboxylic acids is 3. The van der Waals surface area contributed by atoms with Crippen molar-refractivity contribution in [2.75, 3.05) is 24.5 Å². The molecule has 9 heteroatoms. The number of rotatable bonds is 8. The van der Waals surface area contributed by atoms with Gasteiger partial charge in [-0.15, -0.1) is 0 Å². The highest BCUT2D eigenvalue weighted by Crippen LogP contribution is 2.34. The number of ether oxygens (including phenoxy) is 3. The maximum atomic E-state index is 12.7. The van der Waals surface area contributed by atoms with E-state index in [9.17, 15) is 14.4 Å². The standard InChI is InChI=1S/C26H24N2O6S/c1-15-9-17(3)20(10-16(15)2)21(29)12-32-26(31)19-5-4-8-27-25(19)35-13-24(30)28-18-6-7-22-23(11-18)34-14-33-22/h4-11H,12-14H2,1-3H3,(H,28,30). The number of benzene rings is 2. The first kappa shape index (κ1) is 24.3. The molecule has 1 aromatic heterocycles. The molecule has 0 bridgehead atoms. The molecule has 3 aromatic rings. The van der Waals surface area contributed by atoms with Crippen LogP contribution in [0.4, 0.5) is 5.69 Å². The molecule has 0 saturated carbocycles. The van der Waals surface area contributed by atoms with Crippen molar-refractivity contribution in [1.29, 1.82) is 0 Å². The molecule has 1 aliphatic heterocycles. The molecule has 1 amide bonds. The molecule has 0 unspecified atom stereocenters. The summed E-state index contributed by atoms with van der Waals surface area (Å²) < 4.78 is 15.9. The van der Waals surface area contributed by atoms with E-state index in [1.807, 2.05) is 32.9 Å². The second kappa shape index (κ2) is 10.6. The van der Waals surface area contributed by atoms with Crippen LogP contribution in [-0.4, -0.2) is 41.8 Å². The predicted molar refractivity (Wildman–Crippen MR) is 131 cm³/mol. The first-order valence-corrected chi connectivity index (χ1v) is 11.9. The maximum absolute atomic E-state index is 12.7. The summed E-state index contributed by atoms with van der Waals surface area (Å²) in [5.74, 6) is -0.0196. The summed E-state index contributed by atoms with van der Waals surface area (Å²) in [4.78, 5) is 42.0. The number of ketones is 1. The minimum Gasteiger partial charge on any atom is -0.454 e. The summed E-state index contributed by atoms with van der Waals surface area (Å²) in [6.07, 6.45) is 1.53. The van der Waals surface area contributed by atoms with Gasteiger partial charge in [0.15, 0.2) is 18.1 Å². The van der Waals surface area contributed by atoms with E-state index in [2.05, 4.69) is 10.3 Å². The molecule has 4 rings (SSSR count).